The molecule has 0 radical (unpaired) electrons. The number of rotatable bonds is 4. The van der Waals surface area contributed by atoms with E-state index >= 15 is 0 Å². The van der Waals surface area contributed by atoms with Crippen molar-refractivity contribution >= 4 is 40.7 Å². The van der Waals surface area contributed by atoms with Gasteiger partial charge < -0.3 is 4.90 Å². The van der Waals surface area contributed by atoms with Crippen molar-refractivity contribution in [3.8, 4) is 0 Å². The molecule has 1 aromatic heterocycles. The van der Waals surface area contributed by atoms with Gasteiger partial charge in [-0.25, -0.2) is 0 Å². The third-order valence-corrected chi connectivity index (χ3v) is 3.96. The van der Waals surface area contributed by atoms with Gasteiger partial charge in [0.2, 0.25) is 0 Å². The Bertz CT molecular complexity index is 669. The Labute approximate surface area is 138 Å². The highest BCUT2D eigenvalue weighted by molar-refractivity contribution is 6.36. The minimum Gasteiger partial charge on any atom is -0.336 e. The lowest BCUT2D eigenvalue weighted by atomic mass is 10.2. The molecular formula is C14H14Cl3N3O. The highest BCUT2D eigenvalue weighted by Crippen LogP contribution is 2.23. The van der Waals surface area contributed by atoms with Gasteiger partial charge in [0, 0.05) is 18.6 Å². The lowest BCUT2D eigenvalue weighted by Gasteiger charge is -2.19. The first kappa shape index (κ1) is 16.1. The molecule has 1 heterocycles. The van der Waals surface area contributed by atoms with E-state index in [1.165, 1.54) is 0 Å². The van der Waals surface area contributed by atoms with Crippen LogP contribution in [0.15, 0.2) is 24.4 Å². The number of hydrogen-bond acceptors (Lipinski definition) is 2. The SMILES string of the molecule is CCn1ncc(Cl)c1CN(C)C(=O)c1ccc(Cl)cc1Cl. The van der Waals surface area contributed by atoms with E-state index in [1.807, 2.05) is 6.92 Å². The molecule has 1 aromatic carbocycles. The second-order valence-electron chi connectivity index (χ2n) is 4.54. The molecule has 7 heteroatoms. The van der Waals surface area contributed by atoms with E-state index in [1.54, 1.807) is 41.0 Å². The second kappa shape index (κ2) is 6.69. The van der Waals surface area contributed by atoms with Crippen LogP contribution in [0.4, 0.5) is 0 Å². The summed E-state index contributed by atoms with van der Waals surface area (Å²) in [7, 11) is 1.69. The Kier molecular flexibility index (Phi) is 5.14. The smallest absolute Gasteiger partial charge is 0.255 e. The lowest BCUT2D eigenvalue weighted by Crippen LogP contribution is -2.27. The van der Waals surface area contributed by atoms with Crippen molar-refractivity contribution in [2.45, 2.75) is 20.0 Å². The van der Waals surface area contributed by atoms with Crippen molar-refractivity contribution in [2.75, 3.05) is 7.05 Å². The number of aryl methyl sites for hydroxylation is 1. The van der Waals surface area contributed by atoms with E-state index in [-0.39, 0.29) is 5.91 Å². The van der Waals surface area contributed by atoms with Crippen LogP contribution in [0.3, 0.4) is 0 Å². The maximum Gasteiger partial charge on any atom is 0.255 e. The minimum atomic E-state index is -0.198. The molecule has 0 N–H and O–H groups in total. The fraction of sp³-hybridized carbons (Fsp3) is 0.286. The molecule has 0 aliphatic carbocycles. The molecule has 0 spiro atoms. The highest BCUT2D eigenvalue weighted by Gasteiger charge is 2.18. The van der Waals surface area contributed by atoms with Gasteiger partial charge in [0.25, 0.3) is 5.91 Å². The fourth-order valence-corrected chi connectivity index (χ4v) is 2.67. The monoisotopic (exact) mass is 345 g/mol. The van der Waals surface area contributed by atoms with Crippen LogP contribution >= 0.6 is 34.8 Å². The summed E-state index contributed by atoms with van der Waals surface area (Å²) >= 11 is 18.0. The number of halogens is 3. The summed E-state index contributed by atoms with van der Waals surface area (Å²) in [5.41, 5.74) is 1.20. The summed E-state index contributed by atoms with van der Waals surface area (Å²) < 4.78 is 1.76. The number of hydrogen-bond donors (Lipinski definition) is 0. The zero-order chi connectivity index (χ0) is 15.6. The molecule has 1 amide bonds. The topological polar surface area (TPSA) is 38.1 Å². The van der Waals surface area contributed by atoms with Crippen molar-refractivity contribution in [3.05, 3.63) is 50.7 Å². The lowest BCUT2D eigenvalue weighted by molar-refractivity contribution is 0.0782. The second-order valence-corrected chi connectivity index (χ2v) is 5.79. The Hall–Kier alpha value is -1.23. The minimum absolute atomic E-state index is 0.198. The number of benzene rings is 1. The number of nitrogens with zero attached hydrogens (tertiary/aromatic N) is 3. The third-order valence-electron chi connectivity index (χ3n) is 3.09. The Morgan fingerprint density at radius 1 is 1.29 bits per heavy atom. The molecular weight excluding hydrogens is 333 g/mol. The number of carbonyl (C=O) groups is 1. The van der Waals surface area contributed by atoms with E-state index in [2.05, 4.69) is 5.10 Å². The van der Waals surface area contributed by atoms with E-state index in [0.29, 0.717) is 33.7 Å². The van der Waals surface area contributed by atoms with Gasteiger partial charge in [-0.3, -0.25) is 9.48 Å². The normalized spacial score (nSPS) is 10.7. The van der Waals surface area contributed by atoms with Gasteiger partial charge in [-0.05, 0) is 25.1 Å². The summed E-state index contributed by atoms with van der Waals surface area (Å²) in [5.74, 6) is -0.198. The standard InChI is InChI=1S/C14H14Cl3N3O/c1-3-20-13(12(17)7-18-20)8-19(2)14(21)10-5-4-9(15)6-11(10)16/h4-7H,3,8H2,1-2H3. The van der Waals surface area contributed by atoms with E-state index < -0.39 is 0 Å². The molecule has 0 atom stereocenters. The van der Waals surface area contributed by atoms with Gasteiger partial charge in [-0.15, -0.1) is 0 Å². The van der Waals surface area contributed by atoms with Gasteiger partial charge in [0.1, 0.15) is 0 Å². The first-order chi connectivity index (χ1) is 9.93. The van der Waals surface area contributed by atoms with Gasteiger partial charge in [-0.1, -0.05) is 34.8 Å². The molecule has 4 nitrogen and oxygen atoms in total. The summed E-state index contributed by atoms with van der Waals surface area (Å²) in [6.07, 6.45) is 1.58. The van der Waals surface area contributed by atoms with Crippen LogP contribution in [0.1, 0.15) is 23.0 Å². The third kappa shape index (κ3) is 3.51. The van der Waals surface area contributed by atoms with Crippen molar-refractivity contribution < 1.29 is 4.79 Å². The number of amides is 1. The highest BCUT2D eigenvalue weighted by atomic mass is 35.5. The van der Waals surface area contributed by atoms with Gasteiger partial charge in [-0.2, -0.15) is 5.10 Å². The predicted octanol–water partition coefficient (Wildman–Crippen LogP) is 4.14. The molecule has 112 valence electrons. The Balaban J connectivity index is 2.21. The summed E-state index contributed by atoms with van der Waals surface area (Å²) in [4.78, 5) is 14.0. The molecule has 0 saturated carbocycles. The Morgan fingerprint density at radius 2 is 2.00 bits per heavy atom. The van der Waals surface area contributed by atoms with E-state index in [0.717, 1.165) is 5.69 Å². The van der Waals surface area contributed by atoms with Crippen molar-refractivity contribution in [3.63, 3.8) is 0 Å². The maximum atomic E-state index is 12.4. The molecule has 0 aliphatic rings. The molecule has 0 aliphatic heterocycles. The fourth-order valence-electron chi connectivity index (χ4n) is 1.98. The number of carbonyl (C=O) groups excluding carboxylic acids is 1. The van der Waals surface area contributed by atoms with Crippen LogP contribution in [0.2, 0.25) is 15.1 Å². The quantitative estimate of drug-likeness (QED) is 0.834. The van der Waals surface area contributed by atoms with Crippen LogP contribution in [-0.2, 0) is 13.1 Å². The van der Waals surface area contributed by atoms with Gasteiger partial charge >= 0.3 is 0 Å². The molecule has 0 unspecified atom stereocenters. The van der Waals surface area contributed by atoms with Gasteiger partial charge in [0.05, 0.1) is 34.0 Å². The van der Waals surface area contributed by atoms with E-state index in [9.17, 15) is 4.79 Å². The van der Waals surface area contributed by atoms with Crippen LogP contribution in [0.25, 0.3) is 0 Å². The molecule has 2 rings (SSSR count). The van der Waals surface area contributed by atoms with Crippen molar-refractivity contribution in [1.82, 2.24) is 14.7 Å². The molecule has 0 saturated heterocycles. The van der Waals surface area contributed by atoms with Crippen LogP contribution in [0.5, 0.6) is 0 Å². The molecule has 2 aromatic rings. The molecule has 0 fully saturated rings. The zero-order valence-corrected chi connectivity index (χ0v) is 13.9. The van der Waals surface area contributed by atoms with Crippen molar-refractivity contribution in [2.24, 2.45) is 0 Å². The summed E-state index contributed by atoms with van der Waals surface area (Å²) in [6.45, 7) is 3.00. The summed E-state index contributed by atoms with van der Waals surface area (Å²) in [6, 6.07) is 4.80. The number of aromatic nitrogens is 2. The largest absolute Gasteiger partial charge is 0.336 e. The average Bonchev–Trinajstić information content (AvgIpc) is 2.79. The van der Waals surface area contributed by atoms with Crippen LogP contribution in [-0.4, -0.2) is 27.6 Å². The predicted molar refractivity (Wildman–Crippen MR) is 85.2 cm³/mol. The van der Waals surface area contributed by atoms with Crippen LogP contribution < -0.4 is 0 Å². The first-order valence-corrected chi connectivity index (χ1v) is 7.48. The maximum absolute atomic E-state index is 12.4. The first-order valence-electron chi connectivity index (χ1n) is 6.34. The van der Waals surface area contributed by atoms with Gasteiger partial charge in [0.15, 0.2) is 0 Å². The van der Waals surface area contributed by atoms with Crippen LogP contribution in [0, 0.1) is 0 Å². The van der Waals surface area contributed by atoms with E-state index in [4.69, 9.17) is 34.8 Å². The Morgan fingerprint density at radius 3 is 2.62 bits per heavy atom. The van der Waals surface area contributed by atoms with Crippen molar-refractivity contribution in [1.29, 1.82) is 0 Å². The average molecular weight is 347 g/mol. The zero-order valence-electron chi connectivity index (χ0n) is 11.6. The molecule has 21 heavy (non-hydrogen) atoms. The summed E-state index contributed by atoms with van der Waals surface area (Å²) in [5, 5.41) is 5.51. The molecule has 0 bridgehead atoms.